The number of methoxy groups -OCH3 is 1. The largest absolute Gasteiger partial charge is 0.507 e. The molecule has 0 saturated carbocycles. The molecule has 53 heavy (non-hydrogen) atoms. The normalized spacial score (nSPS) is 12.0. The highest BCUT2D eigenvalue weighted by Gasteiger charge is 2.28. The third kappa shape index (κ3) is 9.91. The Morgan fingerprint density at radius 2 is 1.53 bits per heavy atom. The third-order valence-electron chi connectivity index (χ3n) is 8.82. The molecule has 11 heteroatoms. The molecule has 0 aromatic heterocycles. The van der Waals surface area contributed by atoms with Gasteiger partial charge >= 0.3 is 5.97 Å². The molecule has 2 atom stereocenters. The van der Waals surface area contributed by atoms with E-state index in [9.17, 15) is 19.5 Å². The van der Waals surface area contributed by atoms with Crippen molar-refractivity contribution in [2.45, 2.75) is 31.7 Å². The van der Waals surface area contributed by atoms with E-state index in [-0.39, 0.29) is 49.9 Å². The fourth-order valence-electron chi connectivity index (χ4n) is 6.25. The van der Waals surface area contributed by atoms with Crippen LogP contribution in [0.25, 0.3) is 32.7 Å². The lowest BCUT2D eigenvalue weighted by Crippen LogP contribution is -2.46. The SMILES string of the molecule is C=CCOc1ccc(C[C@H](NC(=O)[C@@H](CCCN=C(N)N)CC(=O)COc2ccc3ccccc3c2-c2c(O)ccc3ccccc23)C(=O)OC)cc1. The van der Waals surface area contributed by atoms with Gasteiger partial charge < -0.3 is 36.1 Å². The number of phenolic OH excluding ortho intramolecular Hbond substituents is 1. The Hall–Kier alpha value is -6.36. The quantitative estimate of drug-likeness (QED) is 0.0286. The number of fused-ring (bicyclic) bond motifs is 2. The van der Waals surface area contributed by atoms with Gasteiger partial charge in [0.25, 0.3) is 0 Å². The molecule has 0 bridgehead atoms. The van der Waals surface area contributed by atoms with Crippen molar-refractivity contribution in [3.8, 4) is 28.4 Å². The standard InChI is InChI=1S/C42H44N4O7/c1-3-23-52-32-18-14-27(15-19-32)24-35(41(50)51-2)46-40(49)30(11-8-22-45-42(43)44)25-31(47)26-53-37-21-17-29-10-5-7-13-34(29)39(37)38-33-12-6-4-9-28(33)16-20-36(38)48/h3-7,9-10,12-21,30,35,48H,1,8,11,22-26H2,2H3,(H,46,49)(H4,43,44,45)/t30-,35-/m0/s1. The number of aliphatic imine (C=N–C) groups is 1. The van der Waals surface area contributed by atoms with E-state index in [1.165, 1.54) is 7.11 Å². The molecule has 0 radical (unpaired) electrons. The van der Waals surface area contributed by atoms with E-state index in [0.717, 1.165) is 27.1 Å². The molecule has 0 heterocycles. The molecule has 0 aliphatic heterocycles. The number of ketones is 1. The number of hydrogen-bond donors (Lipinski definition) is 4. The monoisotopic (exact) mass is 716 g/mol. The van der Waals surface area contributed by atoms with Crippen molar-refractivity contribution in [3.05, 3.63) is 115 Å². The predicted molar refractivity (Wildman–Crippen MR) is 207 cm³/mol. The van der Waals surface area contributed by atoms with Gasteiger partial charge in [0, 0.05) is 36.4 Å². The molecule has 5 aromatic carbocycles. The molecule has 6 N–H and O–H groups in total. The first-order chi connectivity index (χ1) is 25.7. The van der Waals surface area contributed by atoms with Gasteiger partial charge in [0.15, 0.2) is 11.7 Å². The molecule has 0 aliphatic rings. The summed E-state index contributed by atoms with van der Waals surface area (Å²) in [6.07, 6.45) is 2.31. The number of carbonyl (C=O) groups is 3. The van der Waals surface area contributed by atoms with Crippen molar-refractivity contribution in [1.29, 1.82) is 0 Å². The Morgan fingerprint density at radius 3 is 2.19 bits per heavy atom. The van der Waals surface area contributed by atoms with E-state index in [1.807, 2.05) is 60.7 Å². The molecular formula is C42H44N4O7. The van der Waals surface area contributed by atoms with Gasteiger partial charge in [-0.1, -0.05) is 85.5 Å². The summed E-state index contributed by atoms with van der Waals surface area (Å²) in [6.45, 7) is 3.91. The van der Waals surface area contributed by atoms with Gasteiger partial charge in [-0.15, -0.1) is 0 Å². The molecule has 5 rings (SSSR count). The third-order valence-corrected chi connectivity index (χ3v) is 8.82. The molecule has 0 unspecified atom stereocenters. The fourth-order valence-corrected chi connectivity index (χ4v) is 6.25. The molecule has 0 aliphatic carbocycles. The first-order valence-corrected chi connectivity index (χ1v) is 17.3. The average molecular weight is 717 g/mol. The Bertz CT molecular complexity index is 2110. The van der Waals surface area contributed by atoms with Gasteiger partial charge in [-0.3, -0.25) is 14.6 Å². The minimum atomic E-state index is -1.01. The number of nitrogens with zero attached hydrogens (tertiary/aromatic N) is 1. The summed E-state index contributed by atoms with van der Waals surface area (Å²) in [7, 11) is 1.25. The lowest BCUT2D eigenvalue weighted by molar-refractivity contribution is -0.145. The van der Waals surface area contributed by atoms with Crippen LogP contribution in [0.15, 0.2) is 115 Å². The second-order valence-electron chi connectivity index (χ2n) is 12.5. The van der Waals surface area contributed by atoms with Crippen LogP contribution >= 0.6 is 0 Å². The highest BCUT2D eigenvalue weighted by Crippen LogP contribution is 2.45. The number of nitrogens with two attached hydrogens (primary N) is 2. The Kier molecular flexibility index (Phi) is 13.0. The number of hydrogen-bond acceptors (Lipinski definition) is 8. The van der Waals surface area contributed by atoms with Crippen LogP contribution in [0.5, 0.6) is 17.2 Å². The Labute approximate surface area is 308 Å². The number of nitrogens with one attached hydrogen (secondary N) is 1. The van der Waals surface area contributed by atoms with E-state index in [0.29, 0.717) is 35.7 Å². The smallest absolute Gasteiger partial charge is 0.328 e. The fraction of sp³-hybridized carbons (Fsp3) is 0.238. The second kappa shape index (κ2) is 18.2. The van der Waals surface area contributed by atoms with Crippen LogP contribution in [0.4, 0.5) is 0 Å². The zero-order chi connectivity index (χ0) is 37.7. The van der Waals surface area contributed by atoms with E-state index in [2.05, 4.69) is 16.9 Å². The number of phenols is 1. The molecule has 274 valence electrons. The van der Waals surface area contributed by atoms with Gasteiger partial charge in [0.1, 0.15) is 36.5 Å². The average Bonchev–Trinajstić information content (AvgIpc) is 3.17. The lowest BCUT2D eigenvalue weighted by Gasteiger charge is -2.22. The van der Waals surface area contributed by atoms with Crippen LogP contribution in [0.2, 0.25) is 0 Å². The molecular weight excluding hydrogens is 672 g/mol. The number of aromatic hydroxyl groups is 1. The van der Waals surface area contributed by atoms with Crippen molar-refractivity contribution in [3.63, 3.8) is 0 Å². The number of rotatable bonds is 18. The maximum absolute atomic E-state index is 13.8. The maximum Gasteiger partial charge on any atom is 0.328 e. The van der Waals surface area contributed by atoms with Gasteiger partial charge in [-0.2, -0.15) is 0 Å². The second-order valence-corrected chi connectivity index (χ2v) is 12.5. The summed E-state index contributed by atoms with van der Waals surface area (Å²) in [6, 6.07) is 28.8. The number of carbonyl (C=O) groups excluding carboxylic acids is 3. The number of guanidine groups is 1. The van der Waals surface area contributed by atoms with E-state index < -0.39 is 23.8 Å². The number of Topliss-reactive ketones (excluding diaryl/α,β-unsaturated/α-hetero) is 1. The summed E-state index contributed by atoms with van der Waals surface area (Å²) in [5.41, 5.74) is 13.0. The van der Waals surface area contributed by atoms with Crippen LogP contribution in [-0.4, -0.2) is 61.6 Å². The summed E-state index contributed by atoms with van der Waals surface area (Å²) in [5, 5.41) is 17.5. The van der Waals surface area contributed by atoms with Crippen LogP contribution in [-0.2, 0) is 25.5 Å². The van der Waals surface area contributed by atoms with Gasteiger partial charge in [-0.05, 0) is 64.2 Å². The maximum atomic E-state index is 13.8. The van der Waals surface area contributed by atoms with E-state index in [4.69, 9.17) is 25.7 Å². The molecule has 1 amide bonds. The summed E-state index contributed by atoms with van der Waals surface area (Å²) in [4.78, 5) is 44.2. The number of benzene rings is 5. The first kappa shape index (κ1) is 37.9. The minimum absolute atomic E-state index is 0.0749. The first-order valence-electron chi connectivity index (χ1n) is 17.3. The molecule has 5 aromatic rings. The van der Waals surface area contributed by atoms with Crippen LogP contribution in [0.1, 0.15) is 24.8 Å². The molecule has 0 spiro atoms. The Balaban J connectivity index is 1.36. The van der Waals surface area contributed by atoms with Crippen molar-refractivity contribution in [2.75, 3.05) is 26.9 Å². The van der Waals surface area contributed by atoms with Crippen molar-refractivity contribution in [2.24, 2.45) is 22.4 Å². The number of amides is 1. The van der Waals surface area contributed by atoms with Gasteiger partial charge in [0.2, 0.25) is 5.91 Å². The highest BCUT2D eigenvalue weighted by atomic mass is 16.5. The van der Waals surface area contributed by atoms with E-state index >= 15 is 0 Å². The van der Waals surface area contributed by atoms with Gasteiger partial charge in [0.05, 0.1) is 7.11 Å². The highest BCUT2D eigenvalue weighted by molar-refractivity contribution is 6.09. The topological polar surface area (TPSA) is 176 Å². The number of esters is 1. The van der Waals surface area contributed by atoms with Gasteiger partial charge in [-0.25, -0.2) is 4.79 Å². The lowest BCUT2D eigenvalue weighted by atomic mass is 9.92. The molecule has 0 saturated heterocycles. The zero-order valence-electron chi connectivity index (χ0n) is 29.6. The minimum Gasteiger partial charge on any atom is -0.507 e. The van der Waals surface area contributed by atoms with Crippen molar-refractivity contribution in [1.82, 2.24) is 5.32 Å². The molecule has 0 fully saturated rings. The summed E-state index contributed by atoms with van der Waals surface area (Å²) < 4.78 is 16.8. The van der Waals surface area contributed by atoms with Crippen LogP contribution < -0.4 is 26.3 Å². The summed E-state index contributed by atoms with van der Waals surface area (Å²) >= 11 is 0. The van der Waals surface area contributed by atoms with Crippen LogP contribution in [0.3, 0.4) is 0 Å². The van der Waals surface area contributed by atoms with Crippen molar-refractivity contribution >= 4 is 45.2 Å². The molecule has 11 nitrogen and oxygen atoms in total. The number of ether oxygens (including phenoxy) is 3. The zero-order valence-corrected chi connectivity index (χ0v) is 29.6. The Morgan fingerprint density at radius 1 is 0.868 bits per heavy atom. The van der Waals surface area contributed by atoms with Crippen LogP contribution in [0, 0.1) is 5.92 Å². The van der Waals surface area contributed by atoms with E-state index in [1.54, 1.807) is 42.5 Å². The summed E-state index contributed by atoms with van der Waals surface area (Å²) in [5.74, 6) is -1.23. The predicted octanol–water partition coefficient (Wildman–Crippen LogP) is 5.84. The van der Waals surface area contributed by atoms with Crippen molar-refractivity contribution < 1.29 is 33.7 Å².